The molecule has 0 radical (unpaired) electrons. The Labute approximate surface area is 153 Å². The maximum Gasteiger partial charge on any atom is 0.239 e. The average molecular weight is 359 g/mol. The third kappa shape index (κ3) is 4.66. The largest absolute Gasteiger partial charge is 0.339 e. The second kappa shape index (κ2) is 8.56. The van der Waals surface area contributed by atoms with Crippen LogP contribution in [0.5, 0.6) is 0 Å². The van der Waals surface area contributed by atoms with Crippen LogP contribution in [0.15, 0.2) is 35.7 Å². The summed E-state index contributed by atoms with van der Waals surface area (Å²) in [6.45, 7) is 6.17. The number of piperazine rings is 1. The van der Waals surface area contributed by atoms with Gasteiger partial charge in [-0.05, 0) is 6.42 Å². The Hall–Kier alpha value is -1.76. The van der Waals surface area contributed by atoms with Crippen molar-refractivity contribution in [1.82, 2.24) is 14.8 Å². The van der Waals surface area contributed by atoms with E-state index in [-0.39, 0.29) is 11.9 Å². The normalized spacial score (nSPS) is 16.8. The van der Waals surface area contributed by atoms with Crippen molar-refractivity contribution in [3.05, 3.63) is 41.4 Å². The van der Waals surface area contributed by atoms with E-state index >= 15 is 0 Å². The van der Waals surface area contributed by atoms with Gasteiger partial charge in [0.15, 0.2) is 0 Å². The average Bonchev–Trinajstić information content (AvgIpc) is 3.11. The number of nitrogens with zero attached hydrogens (tertiary/aromatic N) is 3. The molecule has 0 aliphatic carbocycles. The predicted octanol–water partition coefficient (Wildman–Crippen LogP) is 2.58. The third-order valence-corrected chi connectivity index (χ3v) is 5.50. The van der Waals surface area contributed by atoms with Gasteiger partial charge in [0.1, 0.15) is 5.01 Å². The lowest BCUT2D eigenvalue weighted by Crippen LogP contribution is -2.52. The number of thiazole rings is 1. The summed E-state index contributed by atoms with van der Waals surface area (Å²) in [5.74, 6) is 0.0986. The van der Waals surface area contributed by atoms with Gasteiger partial charge in [-0.15, -0.1) is 11.3 Å². The number of amides is 1. The van der Waals surface area contributed by atoms with Gasteiger partial charge in [0, 0.05) is 43.7 Å². The first-order valence-corrected chi connectivity index (χ1v) is 9.82. The van der Waals surface area contributed by atoms with Gasteiger partial charge >= 0.3 is 0 Å². The Morgan fingerprint density at radius 3 is 2.64 bits per heavy atom. The lowest BCUT2D eigenvalue weighted by Gasteiger charge is -2.35. The van der Waals surface area contributed by atoms with Crippen molar-refractivity contribution in [3.63, 3.8) is 0 Å². The maximum absolute atomic E-state index is 12.3. The molecule has 5 nitrogen and oxygen atoms in total. The standard InChI is InChI=1S/C19H26N4OS/c1-2-6-17(20)19(24)23-11-9-22(10-12-23)13-16-14-25-18(21-16)15-7-4-3-5-8-15/h3-5,7-8,14,17H,2,6,9-13,20H2,1H3. The molecule has 0 saturated carbocycles. The van der Waals surface area contributed by atoms with Gasteiger partial charge in [0.05, 0.1) is 11.7 Å². The van der Waals surface area contributed by atoms with Crippen LogP contribution >= 0.6 is 11.3 Å². The molecule has 1 aromatic heterocycles. The van der Waals surface area contributed by atoms with Crippen molar-refractivity contribution in [3.8, 4) is 10.6 Å². The molecule has 6 heteroatoms. The second-order valence-electron chi connectivity index (χ2n) is 6.51. The Balaban J connectivity index is 1.51. The zero-order valence-corrected chi connectivity index (χ0v) is 15.5. The number of hydrogen-bond donors (Lipinski definition) is 1. The number of carbonyl (C=O) groups excluding carboxylic acids is 1. The van der Waals surface area contributed by atoms with Gasteiger partial charge in [-0.2, -0.15) is 0 Å². The molecule has 1 fully saturated rings. The Kier molecular flexibility index (Phi) is 6.18. The van der Waals surface area contributed by atoms with E-state index in [2.05, 4.69) is 29.3 Å². The smallest absolute Gasteiger partial charge is 0.239 e. The van der Waals surface area contributed by atoms with Crippen molar-refractivity contribution in [2.75, 3.05) is 26.2 Å². The third-order valence-electron chi connectivity index (χ3n) is 4.56. The second-order valence-corrected chi connectivity index (χ2v) is 7.36. The molecule has 0 bridgehead atoms. The Morgan fingerprint density at radius 2 is 1.96 bits per heavy atom. The van der Waals surface area contributed by atoms with Crippen LogP contribution in [0.1, 0.15) is 25.5 Å². The molecule has 1 aromatic carbocycles. The van der Waals surface area contributed by atoms with Crippen LogP contribution in [0.3, 0.4) is 0 Å². The van der Waals surface area contributed by atoms with E-state index < -0.39 is 0 Å². The van der Waals surface area contributed by atoms with Crippen LogP contribution in [0.25, 0.3) is 10.6 Å². The number of benzene rings is 1. The number of rotatable bonds is 6. The minimum atomic E-state index is -0.344. The van der Waals surface area contributed by atoms with Gasteiger partial charge in [-0.1, -0.05) is 43.7 Å². The fourth-order valence-corrected chi connectivity index (χ4v) is 3.93. The minimum Gasteiger partial charge on any atom is -0.339 e. The monoisotopic (exact) mass is 358 g/mol. The first kappa shape index (κ1) is 18.0. The number of hydrogen-bond acceptors (Lipinski definition) is 5. The summed E-state index contributed by atoms with van der Waals surface area (Å²) in [7, 11) is 0. The molecule has 2 aromatic rings. The van der Waals surface area contributed by atoms with E-state index in [1.54, 1.807) is 11.3 Å². The number of carbonyl (C=O) groups is 1. The van der Waals surface area contributed by atoms with Crippen LogP contribution in [0.2, 0.25) is 0 Å². The molecule has 2 N–H and O–H groups in total. The van der Waals surface area contributed by atoms with E-state index in [9.17, 15) is 4.79 Å². The van der Waals surface area contributed by atoms with Gasteiger partial charge in [-0.3, -0.25) is 9.69 Å². The van der Waals surface area contributed by atoms with Crippen LogP contribution < -0.4 is 5.73 Å². The first-order chi connectivity index (χ1) is 12.2. The highest BCUT2D eigenvalue weighted by molar-refractivity contribution is 7.13. The molecule has 134 valence electrons. The molecule has 1 aliphatic heterocycles. The van der Waals surface area contributed by atoms with E-state index in [1.807, 2.05) is 23.1 Å². The van der Waals surface area contributed by atoms with Crippen molar-refractivity contribution >= 4 is 17.2 Å². The van der Waals surface area contributed by atoms with E-state index in [1.165, 1.54) is 5.56 Å². The van der Waals surface area contributed by atoms with E-state index in [0.717, 1.165) is 56.3 Å². The number of aromatic nitrogens is 1. The molecule has 3 rings (SSSR count). The van der Waals surface area contributed by atoms with E-state index in [0.29, 0.717) is 0 Å². The molecule has 1 saturated heterocycles. The molecule has 1 aliphatic rings. The quantitative estimate of drug-likeness (QED) is 0.862. The fourth-order valence-electron chi connectivity index (χ4n) is 3.12. The molecule has 1 unspecified atom stereocenters. The molecular formula is C19H26N4OS. The summed E-state index contributed by atoms with van der Waals surface area (Å²) in [6, 6.07) is 9.93. The summed E-state index contributed by atoms with van der Waals surface area (Å²) in [6.07, 6.45) is 1.71. The maximum atomic E-state index is 12.3. The summed E-state index contributed by atoms with van der Waals surface area (Å²) in [4.78, 5) is 21.3. The highest BCUT2D eigenvalue weighted by Crippen LogP contribution is 2.24. The summed E-state index contributed by atoms with van der Waals surface area (Å²) < 4.78 is 0. The van der Waals surface area contributed by atoms with Crippen molar-refractivity contribution in [1.29, 1.82) is 0 Å². The molecule has 1 amide bonds. The predicted molar refractivity (Wildman–Crippen MR) is 102 cm³/mol. The zero-order chi connectivity index (χ0) is 17.6. The fraction of sp³-hybridized carbons (Fsp3) is 0.474. The topological polar surface area (TPSA) is 62.5 Å². The lowest BCUT2D eigenvalue weighted by atomic mass is 10.1. The highest BCUT2D eigenvalue weighted by atomic mass is 32.1. The van der Waals surface area contributed by atoms with Crippen LogP contribution in [0.4, 0.5) is 0 Å². The summed E-state index contributed by atoms with van der Waals surface area (Å²) in [5.41, 5.74) is 8.23. The first-order valence-electron chi connectivity index (χ1n) is 8.94. The van der Waals surface area contributed by atoms with Crippen LogP contribution in [-0.4, -0.2) is 52.9 Å². The van der Waals surface area contributed by atoms with Crippen molar-refractivity contribution in [2.24, 2.45) is 5.73 Å². The highest BCUT2D eigenvalue weighted by Gasteiger charge is 2.25. The SMILES string of the molecule is CCCC(N)C(=O)N1CCN(Cc2csc(-c3ccccc3)n2)CC1. The lowest BCUT2D eigenvalue weighted by molar-refractivity contribution is -0.134. The van der Waals surface area contributed by atoms with E-state index in [4.69, 9.17) is 10.7 Å². The van der Waals surface area contributed by atoms with Crippen LogP contribution in [-0.2, 0) is 11.3 Å². The Bertz CT molecular complexity index is 680. The molecule has 1 atom stereocenters. The van der Waals surface area contributed by atoms with Gasteiger partial charge in [0.25, 0.3) is 0 Å². The molecule has 0 spiro atoms. The van der Waals surface area contributed by atoms with Crippen LogP contribution in [0, 0.1) is 0 Å². The number of nitrogens with two attached hydrogens (primary N) is 1. The minimum absolute atomic E-state index is 0.0986. The Morgan fingerprint density at radius 1 is 1.24 bits per heavy atom. The van der Waals surface area contributed by atoms with Gasteiger partial charge in [-0.25, -0.2) is 4.98 Å². The molecule has 25 heavy (non-hydrogen) atoms. The van der Waals surface area contributed by atoms with Gasteiger partial charge in [0.2, 0.25) is 5.91 Å². The molecule has 2 heterocycles. The zero-order valence-electron chi connectivity index (χ0n) is 14.7. The molecular weight excluding hydrogens is 332 g/mol. The summed E-state index contributed by atoms with van der Waals surface area (Å²) >= 11 is 1.69. The van der Waals surface area contributed by atoms with Crippen molar-refractivity contribution < 1.29 is 4.79 Å². The summed E-state index contributed by atoms with van der Waals surface area (Å²) in [5, 5.41) is 3.20. The van der Waals surface area contributed by atoms with Gasteiger partial charge < -0.3 is 10.6 Å². The van der Waals surface area contributed by atoms with Crippen molar-refractivity contribution in [2.45, 2.75) is 32.4 Å².